The van der Waals surface area contributed by atoms with Gasteiger partial charge in [0.25, 0.3) is 0 Å². The summed E-state index contributed by atoms with van der Waals surface area (Å²) in [5, 5.41) is 8.59. The molecule has 0 atom stereocenters. The minimum atomic E-state index is 0.461. The molecule has 0 amide bonds. The number of benzene rings is 2. The highest BCUT2D eigenvalue weighted by Gasteiger charge is 2.22. The zero-order valence-corrected chi connectivity index (χ0v) is 13.7. The van der Waals surface area contributed by atoms with Crippen molar-refractivity contribution >= 4 is 51.6 Å². The molecule has 0 aliphatic heterocycles. The number of anilines is 3. The van der Waals surface area contributed by atoms with Crippen molar-refractivity contribution in [3.63, 3.8) is 0 Å². The average Bonchev–Trinajstić information content (AvgIpc) is 3.36. The molecule has 1 aliphatic carbocycles. The van der Waals surface area contributed by atoms with Crippen LogP contribution in [0, 0.1) is 0 Å². The molecule has 1 aliphatic rings. The Morgan fingerprint density at radius 3 is 2.61 bits per heavy atom. The molecule has 1 fully saturated rings. The summed E-state index contributed by atoms with van der Waals surface area (Å²) in [7, 11) is 0. The molecule has 2 N–H and O–H groups in total. The molecule has 0 bridgehead atoms. The van der Waals surface area contributed by atoms with E-state index in [4.69, 9.17) is 23.2 Å². The lowest BCUT2D eigenvalue weighted by molar-refractivity contribution is 1.11. The van der Waals surface area contributed by atoms with Gasteiger partial charge in [-0.3, -0.25) is 0 Å². The average molecular weight is 345 g/mol. The van der Waals surface area contributed by atoms with Crippen LogP contribution in [0.25, 0.3) is 10.9 Å². The van der Waals surface area contributed by atoms with Crippen LogP contribution in [-0.4, -0.2) is 16.0 Å². The summed E-state index contributed by atoms with van der Waals surface area (Å²) in [5.74, 6) is 1.34. The molecule has 116 valence electrons. The van der Waals surface area contributed by atoms with E-state index in [0.717, 1.165) is 16.7 Å². The Kier molecular flexibility index (Phi) is 3.71. The highest BCUT2D eigenvalue weighted by Crippen LogP contribution is 2.33. The number of fused-ring (bicyclic) bond motifs is 1. The summed E-state index contributed by atoms with van der Waals surface area (Å²) in [4.78, 5) is 9.18. The quantitative estimate of drug-likeness (QED) is 0.678. The van der Waals surface area contributed by atoms with E-state index >= 15 is 0 Å². The largest absolute Gasteiger partial charge is 0.367 e. The van der Waals surface area contributed by atoms with Crippen LogP contribution in [0.3, 0.4) is 0 Å². The van der Waals surface area contributed by atoms with Crippen LogP contribution in [0.1, 0.15) is 12.8 Å². The number of nitrogens with one attached hydrogen (secondary N) is 2. The van der Waals surface area contributed by atoms with Crippen LogP contribution in [0.5, 0.6) is 0 Å². The number of nitrogens with zero attached hydrogens (tertiary/aromatic N) is 2. The molecule has 0 radical (unpaired) electrons. The SMILES string of the molecule is Clc1cccc(Nc2nc(NC3CC3)c3ccccc3n2)c1Cl. The first-order valence-corrected chi connectivity index (χ1v) is 8.20. The van der Waals surface area contributed by atoms with Crippen molar-refractivity contribution in [3.05, 3.63) is 52.5 Å². The summed E-state index contributed by atoms with van der Waals surface area (Å²) < 4.78 is 0. The van der Waals surface area contributed by atoms with Crippen LogP contribution >= 0.6 is 23.2 Å². The van der Waals surface area contributed by atoms with Crippen molar-refractivity contribution < 1.29 is 0 Å². The van der Waals surface area contributed by atoms with Gasteiger partial charge in [-0.15, -0.1) is 0 Å². The fourth-order valence-electron chi connectivity index (χ4n) is 2.38. The van der Waals surface area contributed by atoms with Crippen molar-refractivity contribution in [1.29, 1.82) is 0 Å². The third kappa shape index (κ3) is 3.05. The fraction of sp³-hybridized carbons (Fsp3) is 0.176. The maximum Gasteiger partial charge on any atom is 0.229 e. The van der Waals surface area contributed by atoms with Crippen LogP contribution < -0.4 is 10.6 Å². The van der Waals surface area contributed by atoms with Crippen LogP contribution in [0.15, 0.2) is 42.5 Å². The van der Waals surface area contributed by atoms with Crippen molar-refractivity contribution in [2.45, 2.75) is 18.9 Å². The van der Waals surface area contributed by atoms with E-state index in [1.807, 2.05) is 36.4 Å². The smallest absolute Gasteiger partial charge is 0.229 e. The second-order valence-electron chi connectivity index (χ2n) is 5.56. The van der Waals surface area contributed by atoms with E-state index < -0.39 is 0 Å². The zero-order chi connectivity index (χ0) is 15.8. The molecule has 6 heteroatoms. The van der Waals surface area contributed by atoms with Gasteiger partial charge in [0.05, 0.1) is 21.2 Å². The minimum absolute atomic E-state index is 0.461. The normalized spacial score (nSPS) is 14.0. The Labute approximate surface area is 143 Å². The minimum Gasteiger partial charge on any atom is -0.367 e. The van der Waals surface area contributed by atoms with E-state index in [1.54, 1.807) is 6.07 Å². The number of aromatic nitrogens is 2. The van der Waals surface area contributed by atoms with Crippen LogP contribution in [0.4, 0.5) is 17.5 Å². The number of para-hydroxylation sites is 1. The van der Waals surface area contributed by atoms with Gasteiger partial charge < -0.3 is 10.6 Å². The monoisotopic (exact) mass is 344 g/mol. The van der Waals surface area contributed by atoms with Gasteiger partial charge in [0.15, 0.2) is 0 Å². The maximum atomic E-state index is 6.23. The van der Waals surface area contributed by atoms with Crippen molar-refractivity contribution in [3.8, 4) is 0 Å². The first-order valence-electron chi connectivity index (χ1n) is 7.45. The van der Waals surface area contributed by atoms with E-state index in [0.29, 0.717) is 27.7 Å². The predicted octanol–water partition coefficient (Wildman–Crippen LogP) is 5.25. The van der Waals surface area contributed by atoms with Gasteiger partial charge in [-0.25, -0.2) is 4.98 Å². The van der Waals surface area contributed by atoms with Gasteiger partial charge in [0, 0.05) is 11.4 Å². The lowest BCUT2D eigenvalue weighted by Crippen LogP contribution is -2.07. The first kappa shape index (κ1) is 14.5. The molecule has 1 heterocycles. The number of halogens is 2. The summed E-state index contributed by atoms with van der Waals surface area (Å²) in [6, 6.07) is 13.9. The highest BCUT2D eigenvalue weighted by atomic mass is 35.5. The third-order valence-electron chi connectivity index (χ3n) is 3.72. The van der Waals surface area contributed by atoms with Crippen molar-refractivity contribution in [2.24, 2.45) is 0 Å². The Hall–Kier alpha value is -2.04. The van der Waals surface area contributed by atoms with Crippen molar-refractivity contribution in [1.82, 2.24) is 9.97 Å². The third-order valence-corrected chi connectivity index (χ3v) is 4.54. The molecule has 1 aromatic heterocycles. The van der Waals surface area contributed by atoms with Crippen LogP contribution in [-0.2, 0) is 0 Å². The van der Waals surface area contributed by atoms with E-state index in [2.05, 4.69) is 20.6 Å². The van der Waals surface area contributed by atoms with Gasteiger partial charge in [-0.05, 0) is 37.1 Å². The zero-order valence-electron chi connectivity index (χ0n) is 12.2. The second-order valence-corrected chi connectivity index (χ2v) is 6.34. The van der Waals surface area contributed by atoms with Crippen molar-refractivity contribution in [2.75, 3.05) is 10.6 Å². The molecular weight excluding hydrogens is 331 g/mol. The highest BCUT2D eigenvalue weighted by molar-refractivity contribution is 6.43. The Bertz CT molecular complexity index is 878. The second kappa shape index (κ2) is 5.87. The molecule has 2 aromatic carbocycles. The number of hydrogen-bond donors (Lipinski definition) is 2. The molecule has 4 rings (SSSR count). The summed E-state index contributed by atoms with van der Waals surface area (Å²) in [5.41, 5.74) is 1.57. The standard InChI is InChI=1S/C17H14Cl2N4/c18-12-5-3-7-14(15(12)19)22-17-21-13-6-2-1-4-11(13)16(23-17)20-10-8-9-10/h1-7,10H,8-9H2,(H2,20,21,22,23). The van der Waals surface area contributed by atoms with E-state index in [-0.39, 0.29) is 0 Å². The van der Waals surface area contributed by atoms with E-state index in [9.17, 15) is 0 Å². The molecule has 0 unspecified atom stereocenters. The Morgan fingerprint density at radius 1 is 0.957 bits per heavy atom. The molecule has 1 saturated carbocycles. The van der Waals surface area contributed by atoms with Gasteiger partial charge in [-0.2, -0.15) is 4.98 Å². The molecular formula is C17H14Cl2N4. The molecule has 0 spiro atoms. The summed E-state index contributed by atoms with van der Waals surface area (Å²) in [6.45, 7) is 0. The Balaban J connectivity index is 1.75. The van der Waals surface area contributed by atoms with Crippen LogP contribution in [0.2, 0.25) is 10.0 Å². The topological polar surface area (TPSA) is 49.8 Å². The fourth-order valence-corrected chi connectivity index (χ4v) is 2.73. The lowest BCUT2D eigenvalue weighted by atomic mass is 10.2. The molecule has 4 nitrogen and oxygen atoms in total. The number of rotatable bonds is 4. The lowest BCUT2D eigenvalue weighted by Gasteiger charge is -2.12. The molecule has 23 heavy (non-hydrogen) atoms. The van der Waals surface area contributed by atoms with Gasteiger partial charge >= 0.3 is 0 Å². The molecule has 0 saturated heterocycles. The molecule has 3 aromatic rings. The van der Waals surface area contributed by atoms with E-state index in [1.165, 1.54) is 12.8 Å². The maximum absolute atomic E-state index is 6.23. The Morgan fingerprint density at radius 2 is 1.78 bits per heavy atom. The summed E-state index contributed by atoms with van der Waals surface area (Å²) in [6.07, 6.45) is 2.36. The summed E-state index contributed by atoms with van der Waals surface area (Å²) >= 11 is 12.3. The number of hydrogen-bond acceptors (Lipinski definition) is 4. The van der Waals surface area contributed by atoms with Gasteiger partial charge in [0.1, 0.15) is 5.82 Å². The first-order chi connectivity index (χ1) is 11.2. The van der Waals surface area contributed by atoms with Gasteiger partial charge in [0.2, 0.25) is 5.95 Å². The predicted molar refractivity (Wildman–Crippen MR) is 95.9 cm³/mol. The van der Waals surface area contributed by atoms with Gasteiger partial charge in [-0.1, -0.05) is 41.4 Å².